The van der Waals surface area contributed by atoms with Gasteiger partial charge in [-0.15, -0.1) is 0 Å². The van der Waals surface area contributed by atoms with E-state index in [0.29, 0.717) is 0 Å². The van der Waals surface area contributed by atoms with E-state index in [4.69, 9.17) is 15.0 Å². The van der Waals surface area contributed by atoms with Crippen LogP contribution in [0, 0.1) is 0 Å². The number of carboxylic acids is 1. The molecule has 0 radical (unpaired) electrons. The largest absolute Gasteiger partial charge is 0.481 e. The van der Waals surface area contributed by atoms with Crippen LogP contribution in [0.5, 0.6) is 0 Å². The van der Waals surface area contributed by atoms with Crippen molar-refractivity contribution < 1.29 is 15.0 Å². The first-order valence-electron chi connectivity index (χ1n) is 3.95. The second-order valence-electron chi connectivity index (χ2n) is 1.99. The molecule has 74 valence electrons. The van der Waals surface area contributed by atoms with Gasteiger partial charge in [-0.25, -0.2) is 0 Å². The Morgan fingerprint density at radius 2 is 1.15 bits per heavy atom. The number of aliphatic hydroxyl groups excluding tert-OH is 1. The van der Waals surface area contributed by atoms with Crippen LogP contribution < -0.4 is 0 Å². The molecule has 1 aromatic rings. The van der Waals surface area contributed by atoms with E-state index in [-0.39, 0.29) is 6.61 Å². The van der Waals surface area contributed by atoms with Crippen molar-refractivity contribution in [2.45, 2.75) is 13.8 Å². The first-order valence-corrected chi connectivity index (χ1v) is 3.95. The van der Waals surface area contributed by atoms with Gasteiger partial charge in [-0.3, -0.25) is 4.79 Å². The number of carboxylic acid groups (broad SMARTS) is 1. The third-order valence-corrected chi connectivity index (χ3v) is 0.667. The Hall–Kier alpha value is -1.35. The Morgan fingerprint density at radius 1 is 1.08 bits per heavy atom. The maximum absolute atomic E-state index is 9.00. The lowest BCUT2D eigenvalue weighted by Crippen LogP contribution is -1.78. The second-order valence-corrected chi connectivity index (χ2v) is 1.99. The molecule has 0 atom stereocenters. The van der Waals surface area contributed by atoms with Gasteiger partial charge in [0.2, 0.25) is 0 Å². The van der Waals surface area contributed by atoms with E-state index in [9.17, 15) is 0 Å². The lowest BCUT2D eigenvalue weighted by Gasteiger charge is -1.69. The summed E-state index contributed by atoms with van der Waals surface area (Å²) in [5.74, 6) is -0.833. The van der Waals surface area contributed by atoms with Gasteiger partial charge in [-0.05, 0) is 6.92 Å². The quantitative estimate of drug-likeness (QED) is 0.646. The average Bonchev–Trinajstić information content (AvgIpc) is 2.08. The molecule has 3 heteroatoms. The first-order chi connectivity index (χ1) is 6.15. The molecule has 0 bridgehead atoms. The molecule has 1 aromatic carbocycles. The fourth-order valence-corrected chi connectivity index (χ4v) is 0.385. The molecule has 0 aliphatic heterocycles. The molecule has 0 amide bonds. The van der Waals surface area contributed by atoms with Crippen molar-refractivity contribution in [2.24, 2.45) is 0 Å². The third-order valence-electron chi connectivity index (χ3n) is 0.667. The molecule has 0 fully saturated rings. The van der Waals surface area contributed by atoms with Crippen molar-refractivity contribution in [3.8, 4) is 0 Å². The minimum atomic E-state index is -0.833. The molecular weight excluding hydrogens is 168 g/mol. The second kappa shape index (κ2) is 13.3. The summed E-state index contributed by atoms with van der Waals surface area (Å²) in [6, 6.07) is 12.0. The number of aliphatic carboxylic acids is 1. The van der Waals surface area contributed by atoms with Gasteiger partial charge in [0.15, 0.2) is 0 Å². The summed E-state index contributed by atoms with van der Waals surface area (Å²) in [4.78, 5) is 9.00. The smallest absolute Gasteiger partial charge is 0.300 e. The molecule has 0 aliphatic carbocycles. The fourth-order valence-electron chi connectivity index (χ4n) is 0.385. The Labute approximate surface area is 78.7 Å². The van der Waals surface area contributed by atoms with Gasteiger partial charge in [0.1, 0.15) is 0 Å². The monoisotopic (exact) mass is 184 g/mol. The summed E-state index contributed by atoms with van der Waals surface area (Å²) < 4.78 is 0. The van der Waals surface area contributed by atoms with Crippen LogP contribution in [0.1, 0.15) is 13.8 Å². The van der Waals surface area contributed by atoms with Gasteiger partial charge >= 0.3 is 0 Å². The van der Waals surface area contributed by atoms with E-state index >= 15 is 0 Å². The predicted molar refractivity (Wildman–Crippen MR) is 52.5 cm³/mol. The predicted octanol–water partition coefficient (Wildman–Crippen LogP) is 1.78. The van der Waals surface area contributed by atoms with Crippen molar-refractivity contribution in [1.82, 2.24) is 0 Å². The van der Waals surface area contributed by atoms with Crippen molar-refractivity contribution in [1.29, 1.82) is 0 Å². The fraction of sp³-hybridized carbons (Fsp3) is 0.300. The topological polar surface area (TPSA) is 57.5 Å². The van der Waals surface area contributed by atoms with E-state index in [0.717, 1.165) is 6.92 Å². The van der Waals surface area contributed by atoms with E-state index < -0.39 is 5.97 Å². The van der Waals surface area contributed by atoms with Gasteiger partial charge in [0.25, 0.3) is 5.97 Å². The summed E-state index contributed by atoms with van der Waals surface area (Å²) in [5.41, 5.74) is 0. The van der Waals surface area contributed by atoms with Gasteiger partial charge in [0.05, 0.1) is 0 Å². The first kappa shape index (κ1) is 14.2. The molecule has 13 heavy (non-hydrogen) atoms. The van der Waals surface area contributed by atoms with E-state index in [1.807, 2.05) is 36.4 Å². The van der Waals surface area contributed by atoms with Gasteiger partial charge < -0.3 is 10.2 Å². The van der Waals surface area contributed by atoms with Crippen molar-refractivity contribution in [2.75, 3.05) is 6.61 Å². The molecule has 0 heterocycles. The normalized spacial score (nSPS) is 7.00. The standard InChI is InChI=1S/C6H6.C2H4O2.C2H6O/c1-2-4-6-5-3-1;1-2(3)4;1-2-3/h1-6H;1H3,(H,3,4);3H,2H2,1H3. The number of rotatable bonds is 0. The number of aliphatic hydroxyl groups is 1. The molecule has 0 saturated carbocycles. The lowest BCUT2D eigenvalue weighted by molar-refractivity contribution is -0.134. The molecule has 0 aromatic heterocycles. The van der Waals surface area contributed by atoms with E-state index in [1.54, 1.807) is 6.92 Å². The van der Waals surface area contributed by atoms with Crippen molar-refractivity contribution >= 4 is 5.97 Å². The molecule has 3 nitrogen and oxygen atoms in total. The Balaban J connectivity index is 0. The minimum absolute atomic E-state index is 0.250. The van der Waals surface area contributed by atoms with Crippen LogP contribution >= 0.6 is 0 Å². The van der Waals surface area contributed by atoms with Crippen molar-refractivity contribution in [3.05, 3.63) is 36.4 Å². The number of hydrogen-bond acceptors (Lipinski definition) is 2. The van der Waals surface area contributed by atoms with Crippen LogP contribution in [0.4, 0.5) is 0 Å². The molecule has 1 rings (SSSR count). The summed E-state index contributed by atoms with van der Waals surface area (Å²) >= 11 is 0. The van der Waals surface area contributed by atoms with Crippen LogP contribution in [-0.4, -0.2) is 22.8 Å². The number of benzene rings is 1. The SMILES string of the molecule is CC(=O)O.CCO.c1ccccc1. The van der Waals surface area contributed by atoms with E-state index in [1.165, 1.54) is 0 Å². The van der Waals surface area contributed by atoms with Crippen LogP contribution in [-0.2, 0) is 4.79 Å². The van der Waals surface area contributed by atoms with Crippen LogP contribution in [0.15, 0.2) is 36.4 Å². The zero-order valence-corrected chi connectivity index (χ0v) is 7.97. The molecule has 0 unspecified atom stereocenters. The highest BCUT2D eigenvalue weighted by atomic mass is 16.4. The highest BCUT2D eigenvalue weighted by molar-refractivity contribution is 5.62. The highest BCUT2D eigenvalue weighted by Gasteiger charge is 1.65. The molecule has 0 aliphatic rings. The summed E-state index contributed by atoms with van der Waals surface area (Å²) in [6.45, 7) is 3.01. The number of hydrogen-bond donors (Lipinski definition) is 2. The summed E-state index contributed by atoms with van der Waals surface area (Å²) in [7, 11) is 0. The highest BCUT2D eigenvalue weighted by Crippen LogP contribution is 1.79. The molecule has 0 saturated heterocycles. The van der Waals surface area contributed by atoms with E-state index in [2.05, 4.69) is 0 Å². The summed E-state index contributed by atoms with van der Waals surface area (Å²) in [5, 5.41) is 15.0. The van der Waals surface area contributed by atoms with Crippen LogP contribution in [0.3, 0.4) is 0 Å². The lowest BCUT2D eigenvalue weighted by atomic mass is 10.4. The van der Waals surface area contributed by atoms with Gasteiger partial charge in [-0.2, -0.15) is 0 Å². The molecular formula is C10H16O3. The Morgan fingerprint density at radius 3 is 1.23 bits per heavy atom. The Kier molecular flexibility index (Phi) is 14.5. The van der Waals surface area contributed by atoms with Crippen molar-refractivity contribution in [3.63, 3.8) is 0 Å². The molecule has 2 N–H and O–H groups in total. The zero-order valence-electron chi connectivity index (χ0n) is 7.97. The maximum Gasteiger partial charge on any atom is 0.300 e. The Bertz CT molecular complexity index is 154. The third kappa shape index (κ3) is 36.9. The number of carbonyl (C=O) groups is 1. The van der Waals surface area contributed by atoms with Gasteiger partial charge in [-0.1, -0.05) is 36.4 Å². The molecule has 0 spiro atoms. The van der Waals surface area contributed by atoms with Crippen LogP contribution in [0.2, 0.25) is 0 Å². The maximum atomic E-state index is 9.00. The summed E-state index contributed by atoms with van der Waals surface area (Å²) in [6.07, 6.45) is 0. The average molecular weight is 184 g/mol. The van der Waals surface area contributed by atoms with Crippen LogP contribution in [0.25, 0.3) is 0 Å². The minimum Gasteiger partial charge on any atom is -0.481 e. The zero-order chi connectivity index (χ0) is 10.5. The van der Waals surface area contributed by atoms with Gasteiger partial charge in [0, 0.05) is 13.5 Å².